The number of esters is 1. The number of methoxy groups -OCH3 is 3. The number of nitrogens with one attached hydrogen (secondary N) is 1. The SMILES string of the molecule is COC(=O)C1=C(C)N(c2ccc(OC)cc2)C(=S)NC1c1cccc(OC)c1. The van der Waals surface area contributed by atoms with Crippen molar-refractivity contribution in [2.24, 2.45) is 0 Å². The van der Waals surface area contributed by atoms with E-state index in [-0.39, 0.29) is 0 Å². The highest BCUT2D eigenvalue weighted by atomic mass is 32.1. The number of hydrogen-bond donors (Lipinski definition) is 1. The highest BCUT2D eigenvalue weighted by Gasteiger charge is 2.35. The number of anilines is 1. The van der Waals surface area contributed by atoms with Crippen molar-refractivity contribution in [2.75, 3.05) is 26.2 Å². The van der Waals surface area contributed by atoms with Gasteiger partial charge in [-0.05, 0) is 61.1 Å². The molecule has 0 amide bonds. The minimum Gasteiger partial charge on any atom is -0.497 e. The van der Waals surface area contributed by atoms with E-state index in [1.165, 1.54) is 7.11 Å². The number of hydrogen-bond acceptors (Lipinski definition) is 5. The van der Waals surface area contributed by atoms with Crippen LogP contribution in [0.3, 0.4) is 0 Å². The topological polar surface area (TPSA) is 60.0 Å². The summed E-state index contributed by atoms with van der Waals surface area (Å²) in [5.41, 5.74) is 2.87. The quantitative estimate of drug-likeness (QED) is 0.610. The van der Waals surface area contributed by atoms with Crippen molar-refractivity contribution in [1.82, 2.24) is 5.32 Å². The van der Waals surface area contributed by atoms with Crippen LogP contribution in [0, 0.1) is 0 Å². The van der Waals surface area contributed by atoms with E-state index in [0.717, 1.165) is 17.0 Å². The first kappa shape index (κ1) is 19.7. The minimum atomic E-state index is -0.440. The van der Waals surface area contributed by atoms with Gasteiger partial charge in [-0.2, -0.15) is 0 Å². The average Bonchev–Trinajstić information content (AvgIpc) is 2.73. The Morgan fingerprint density at radius 1 is 1.04 bits per heavy atom. The third kappa shape index (κ3) is 3.66. The lowest BCUT2D eigenvalue weighted by molar-refractivity contribution is -0.136. The Labute approximate surface area is 169 Å². The van der Waals surface area contributed by atoms with Gasteiger partial charge in [0.1, 0.15) is 11.5 Å². The molecule has 28 heavy (non-hydrogen) atoms. The molecule has 0 spiro atoms. The van der Waals surface area contributed by atoms with Crippen LogP contribution in [0.1, 0.15) is 18.5 Å². The molecule has 2 aromatic rings. The van der Waals surface area contributed by atoms with Crippen molar-refractivity contribution < 1.29 is 19.0 Å². The fourth-order valence-corrected chi connectivity index (χ4v) is 3.59. The first-order chi connectivity index (χ1) is 13.5. The molecule has 1 unspecified atom stereocenters. The molecule has 1 N–H and O–H groups in total. The Kier molecular flexibility index (Phi) is 5.84. The summed E-state index contributed by atoms with van der Waals surface area (Å²) in [6.45, 7) is 1.86. The summed E-state index contributed by atoms with van der Waals surface area (Å²) >= 11 is 5.63. The van der Waals surface area contributed by atoms with Gasteiger partial charge < -0.3 is 19.5 Å². The summed E-state index contributed by atoms with van der Waals surface area (Å²) in [5, 5.41) is 3.76. The molecule has 0 saturated heterocycles. The van der Waals surface area contributed by atoms with Gasteiger partial charge in [-0.1, -0.05) is 12.1 Å². The molecule has 0 saturated carbocycles. The Morgan fingerprint density at radius 3 is 2.32 bits per heavy atom. The van der Waals surface area contributed by atoms with E-state index in [1.807, 2.05) is 60.4 Å². The number of rotatable bonds is 5. The second-order valence-corrected chi connectivity index (χ2v) is 6.57. The second-order valence-electron chi connectivity index (χ2n) is 6.18. The van der Waals surface area contributed by atoms with Gasteiger partial charge in [0.15, 0.2) is 5.11 Å². The molecule has 6 nitrogen and oxygen atoms in total. The van der Waals surface area contributed by atoms with Crippen LogP contribution in [0.25, 0.3) is 0 Å². The van der Waals surface area contributed by atoms with E-state index >= 15 is 0 Å². The van der Waals surface area contributed by atoms with E-state index in [0.29, 0.717) is 22.1 Å². The van der Waals surface area contributed by atoms with Crippen molar-refractivity contribution in [3.8, 4) is 11.5 Å². The van der Waals surface area contributed by atoms with Gasteiger partial charge in [-0.25, -0.2) is 4.79 Å². The van der Waals surface area contributed by atoms with Crippen LogP contribution < -0.4 is 19.7 Å². The first-order valence-electron chi connectivity index (χ1n) is 8.67. The predicted octanol–water partition coefficient (Wildman–Crippen LogP) is 3.59. The molecular weight excluding hydrogens is 376 g/mol. The zero-order valence-electron chi connectivity index (χ0n) is 16.2. The van der Waals surface area contributed by atoms with Crippen molar-refractivity contribution >= 4 is 29.0 Å². The summed E-state index contributed by atoms with van der Waals surface area (Å²) in [4.78, 5) is 14.5. The number of carbonyl (C=O) groups excluding carboxylic acids is 1. The van der Waals surface area contributed by atoms with Crippen LogP contribution in [-0.4, -0.2) is 32.4 Å². The molecule has 0 aromatic heterocycles. The zero-order chi connectivity index (χ0) is 20.3. The smallest absolute Gasteiger partial charge is 0.337 e. The van der Waals surface area contributed by atoms with E-state index in [1.54, 1.807) is 14.2 Å². The van der Waals surface area contributed by atoms with Crippen molar-refractivity contribution in [3.63, 3.8) is 0 Å². The third-order valence-electron chi connectivity index (χ3n) is 4.65. The molecule has 1 aliphatic rings. The monoisotopic (exact) mass is 398 g/mol. The van der Waals surface area contributed by atoms with Crippen molar-refractivity contribution in [2.45, 2.75) is 13.0 Å². The Bertz CT molecular complexity index is 924. The van der Waals surface area contributed by atoms with E-state index in [2.05, 4.69) is 5.32 Å². The highest BCUT2D eigenvalue weighted by Crippen LogP contribution is 2.35. The largest absolute Gasteiger partial charge is 0.497 e. The summed E-state index contributed by atoms with van der Waals surface area (Å²) < 4.78 is 15.6. The fraction of sp³-hybridized carbons (Fsp3) is 0.238. The highest BCUT2D eigenvalue weighted by molar-refractivity contribution is 7.80. The number of benzene rings is 2. The summed E-state index contributed by atoms with van der Waals surface area (Å²) in [6.07, 6.45) is 0. The van der Waals surface area contributed by atoms with Gasteiger partial charge in [-0.3, -0.25) is 4.90 Å². The van der Waals surface area contributed by atoms with Gasteiger partial charge in [0.25, 0.3) is 0 Å². The van der Waals surface area contributed by atoms with Crippen LogP contribution >= 0.6 is 12.2 Å². The number of carbonyl (C=O) groups is 1. The average molecular weight is 398 g/mol. The first-order valence-corrected chi connectivity index (χ1v) is 9.08. The van der Waals surface area contributed by atoms with Crippen molar-refractivity contribution in [3.05, 3.63) is 65.4 Å². The molecular formula is C21H22N2O4S. The summed E-state index contributed by atoms with van der Waals surface area (Å²) in [5.74, 6) is 1.02. The van der Waals surface area contributed by atoms with Crippen LogP contribution in [0.4, 0.5) is 5.69 Å². The Hall–Kier alpha value is -3.06. The molecule has 0 fully saturated rings. The standard InChI is InChI=1S/C21H22N2O4S/c1-13-18(20(24)27-4)19(14-6-5-7-17(12-14)26-3)22-21(28)23(13)15-8-10-16(25-2)11-9-15/h5-12,19H,1-4H3,(H,22,28). The lowest BCUT2D eigenvalue weighted by atomic mass is 9.94. The summed E-state index contributed by atoms with van der Waals surface area (Å²) in [6, 6.07) is 14.5. The number of nitrogens with zero attached hydrogens (tertiary/aromatic N) is 1. The molecule has 1 atom stereocenters. The van der Waals surface area contributed by atoms with Crippen LogP contribution in [0.2, 0.25) is 0 Å². The maximum absolute atomic E-state index is 12.7. The maximum Gasteiger partial charge on any atom is 0.337 e. The Morgan fingerprint density at radius 2 is 1.71 bits per heavy atom. The molecule has 2 aromatic carbocycles. The van der Waals surface area contributed by atoms with Gasteiger partial charge in [0.2, 0.25) is 0 Å². The number of thiocarbonyl (C=S) groups is 1. The van der Waals surface area contributed by atoms with Gasteiger partial charge in [0, 0.05) is 11.4 Å². The van der Waals surface area contributed by atoms with E-state index in [4.69, 9.17) is 26.4 Å². The molecule has 1 heterocycles. The molecule has 0 bridgehead atoms. The predicted molar refractivity (Wildman–Crippen MR) is 112 cm³/mol. The lowest BCUT2D eigenvalue weighted by Gasteiger charge is -2.37. The van der Waals surface area contributed by atoms with Gasteiger partial charge in [0.05, 0.1) is 32.9 Å². The molecule has 3 rings (SSSR count). The third-order valence-corrected chi connectivity index (χ3v) is 4.95. The van der Waals surface area contributed by atoms with Crippen LogP contribution in [0.15, 0.2) is 59.8 Å². The summed E-state index contributed by atoms with van der Waals surface area (Å²) in [7, 11) is 4.59. The maximum atomic E-state index is 12.7. The number of allylic oxidation sites excluding steroid dienone is 1. The number of ether oxygens (including phenoxy) is 3. The molecule has 7 heteroatoms. The second kappa shape index (κ2) is 8.31. The zero-order valence-corrected chi connectivity index (χ0v) is 17.0. The van der Waals surface area contributed by atoms with Gasteiger partial charge in [-0.15, -0.1) is 0 Å². The van der Waals surface area contributed by atoms with E-state index in [9.17, 15) is 4.79 Å². The van der Waals surface area contributed by atoms with Gasteiger partial charge >= 0.3 is 5.97 Å². The fourth-order valence-electron chi connectivity index (χ4n) is 3.23. The molecule has 146 valence electrons. The molecule has 1 aliphatic heterocycles. The Balaban J connectivity index is 2.10. The molecule has 0 radical (unpaired) electrons. The minimum absolute atomic E-state index is 0.418. The normalized spacial score (nSPS) is 16.5. The lowest BCUT2D eigenvalue weighted by Crippen LogP contribution is -2.48. The van der Waals surface area contributed by atoms with Crippen LogP contribution in [-0.2, 0) is 9.53 Å². The van der Waals surface area contributed by atoms with E-state index < -0.39 is 12.0 Å². The van der Waals surface area contributed by atoms with Crippen molar-refractivity contribution in [1.29, 1.82) is 0 Å². The molecule has 0 aliphatic carbocycles. The van der Waals surface area contributed by atoms with Crippen LogP contribution in [0.5, 0.6) is 11.5 Å².